The highest BCUT2D eigenvalue weighted by Gasteiger charge is 2.07. The van der Waals surface area contributed by atoms with Crippen LogP contribution in [0.15, 0.2) is 28.5 Å². The van der Waals surface area contributed by atoms with Gasteiger partial charge < -0.3 is 4.74 Å². The molecule has 0 radical (unpaired) electrons. The maximum Gasteiger partial charge on any atom is 0.134 e. The number of ether oxygens (including phenoxy) is 1. The second-order valence-corrected chi connectivity index (χ2v) is 5.78. The van der Waals surface area contributed by atoms with E-state index in [9.17, 15) is 5.26 Å². The third-order valence-electron chi connectivity index (χ3n) is 2.69. The molecule has 0 atom stereocenters. The number of aryl methyl sites for hydroxylation is 1. The fourth-order valence-electron chi connectivity index (χ4n) is 1.73. The number of benzene rings is 1. The van der Waals surface area contributed by atoms with Crippen LogP contribution in [-0.4, -0.2) is 18.3 Å². The molecule has 1 heterocycles. The zero-order valence-corrected chi connectivity index (χ0v) is 13.1. The van der Waals surface area contributed by atoms with Gasteiger partial charge in [-0.1, -0.05) is 6.07 Å². The van der Waals surface area contributed by atoms with Crippen molar-refractivity contribution in [3.63, 3.8) is 0 Å². The van der Waals surface area contributed by atoms with E-state index >= 15 is 0 Å². The van der Waals surface area contributed by atoms with Crippen molar-refractivity contribution in [2.24, 2.45) is 0 Å². The summed E-state index contributed by atoms with van der Waals surface area (Å²) in [5, 5.41) is 12.0. The van der Waals surface area contributed by atoms with Gasteiger partial charge in [0.25, 0.3) is 0 Å². The van der Waals surface area contributed by atoms with Gasteiger partial charge in [0.1, 0.15) is 16.8 Å². The highest BCUT2D eigenvalue weighted by atomic mass is 32.2. The molecule has 0 aliphatic carbocycles. The molecule has 0 N–H and O–H groups in total. The number of rotatable bonds is 4. The molecular weight excluding hydrogens is 288 g/mol. The number of thioether (sulfide) groups is 1. The Morgan fingerprint density at radius 1 is 1.50 bits per heavy atom. The summed E-state index contributed by atoms with van der Waals surface area (Å²) in [4.78, 5) is 5.42. The second-order valence-electron chi connectivity index (χ2n) is 4.08. The minimum Gasteiger partial charge on any atom is -0.496 e. The first-order valence-corrected chi connectivity index (χ1v) is 8.04. The highest BCUT2D eigenvalue weighted by Crippen LogP contribution is 2.30. The number of hydrogen-bond acceptors (Lipinski definition) is 5. The zero-order valence-electron chi connectivity index (χ0n) is 11.5. The maximum atomic E-state index is 9.29. The largest absolute Gasteiger partial charge is 0.496 e. The van der Waals surface area contributed by atoms with E-state index in [2.05, 4.69) is 11.1 Å². The lowest BCUT2D eigenvalue weighted by Gasteiger charge is -2.06. The fourth-order valence-corrected chi connectivity index (χ4v) is 3.04. The number of nitrogens with zero attached hydrogens (tertiary/aromatic N) is 2. The molecule has 0 aliphatic rings. The van der Waals surface area contributed by atoms with Crippen LogP contribution in [0.4, 0.5) is 0 Å². The molecule has 0 unspecified atom stereocenters. The summed E-state index contributed by atoms with van der Waals surface area (Å²) in [5.74, 6) is 0.818. The van der Waals surface area contributed by atoms with Gasteiger partial charge in [0.05, 0.1) is 12.7 Å². The van der Waals surface area contributed by atoms with Gasteiger partial charge in [-0.2, -0.15) is 5.26 Å². The molecule has 0 fully saturated rings. The molecule has 0 saturated heterocycles. The van der Waals surface area contributed by atoms with E-state index in [0.29, 0.717) is 5.57 Å². The molecule has 5 heteroatoms. The van der Waals surface area contributed by atoms with Crippen LogP contribution >= 0.6 is 23.1 Å². The Hall–Kier alpha value is -1.77. The number of thiazole rings is 1. The minimum absolute atomic E-state index is 0.571. The third kappa shape index (κ3) is 3.21. The van der Waals surface area contributed by atoms with Gasteiger partial charge in [-0.15, -0.1) is 23.1 Å². The molecule has 0 saturated carbocycles. The molecule has 1 aromatic heterocycles. The first kappa shape index (κ1) is 14.6. The molecule has 0 bridgehead atoms. The van der Waals surface area contributed by atoms with E-state index in [1.807, 2.05) is 42.8 Å². The molecule has 0 spiro atoms. The van der Waals surface area contributed by atoms with Crippen LogP contribution in [0.1, 0.15) is 16.3 Å². The third-order valence-corrected chi connectivity index (χ3v) is 4.46. The molecule has 3 nitrogen and oxygen atoms in total. The van der Waals surface area contributed by atoms with Crippen molar-refractivity contribution in [2.75, 3.05) is 13.4 Å². The quantitative estimate of drug-likeness (QED) is 0.626. The van der Waals surface area contributed by atoms with Crippen molar-refractivity contribution in [3.05, 3.63) is 39.8 Å². The van der Waals surface area contributed by atoms with Crippen LogP contribution in [-0.2, 0) is 0 Å². The van der Waals surface area contributed by atoms with E-state index in [-0.39, 0.29) is 0 Å². The predicted molar refractivity (Wildman–Crippen MR) is 85.1 cm³/mol. The van der Waals surface area contributed by atoms with Gasteiger partial charge in [-0.05, 0) is 37.0 Å². The van der Waals surface area contributed by atoms with Crippen molar-refractivity contribution in [1.82, 2.24) is 4.98 Å². The average Bonchev–Trinajstić information content (AvgIpc) is 2.90. The van der Waals surface area contributed by atoms with Crippen molar-refractivity contribution in [2.45, 2.75) is 11.8 Å². The predicted octanol–water partition coefficient (Wildman–Crippen LogP) is 4.25. The summed E-state index contributed by atoms with van der Waals surface area (Å²) in [6.07, 6.45) is 3.84. The first-order chi connectivity index (χ1) is 9.67. The van der Waals surface area contributed by atoms with Gasteiger partial charge in [0.2, 0.25) is 0 Å². The summed E-state index contributed by atoms with van der Waals surface area (Å²) in [6.45, 7) is 1.92. The lowest BCUT2D eigenvalue weighted by Crippen LogP contribution is -1.87. The molecule has 2 rings (SSSR count). The second kappa shape index (κ2) is 6.60. The molecule has 0 amide bonds. The summed E-state index contributed by atoms with van der Waals surface area (Å²) in [7, 11) is 1.65. The van der Waals surface area contributed by atoms with Crippen molar-refractivity contribution >= 4 is 34.7 Å². The summed E-state index contributed by atoms with van der Waals surface area (Å²) >= 11 is 3.11. The van der Waals surface area contributed by atoms with E-state index < -0.39 is 0 Å². The van der Waals surface area contributed by atoms with Crippen molar-refractivity contribution < 1.29 is 4.74 Å². The fraction of sp³-hybridized carbons (Fsp3) is 0.200. The van der Waals surface area contributed by atoms with Crippen LogP contribution in [0.3, 0.4) is 0 Å². The SMILES string of the molecule is COc1cc(/C=C(/C#N)c2nc(C)cs2)ccc1SC. The van der Waals surface area contributed by atoms with Crippen LogP contribution in [0.2, 0.25) is 0 Å². The lowest BCUT2D eigenvalue weighted by atomic mass is 10.1. The van der Waals surface area contributed by atoms with Gasteiger partial charge in [-0.25, -0.2) is 4.98 Å². The van der Waals surface area contributed by atoms with Crippen LogP contribution in [0, 0.1) is 18.3 Å². The first-order valence-electron chi connectivity index (χ1n) is 5.94. The van der Waals surface area contributed by atoms with Gasteiger partial charge in [-0.3, -0.25) is 0 Å². The Kier molecular flexibility index (Phi) is 4.83. The number of aromatic nitrogens is 1. The number of nitriles is 1. The van der Waals surface area contributed by atoms with E-state index in [1.165, 1.54) is 11.3 Å². The Labute approximate surface area is 126 Å². The van der Waals surface area contributed by atoms with E-state index in [4.69, 9.17) is 4.74 Å². The molecule has 20 heavy (non-hydrogen) atoms. The smallest absolute Gasteiger partial charge is 0.134 e. The van der Waals surface area contributed by atoms with Gasteiger partial charge in [0.15, 0.2) is 0 Å². The number of hydrogen-bond donors (Lipinski definition) is 0. The van der Waals surface area contributed by atoms with Crippen molar-refractivity contribution in [1.29, 1.82) is 5.26 Å². The van der Waals surface area contributed by atoms with Crippen LogP contribution in [0.25, 0.3) is 11.6 Å². The molecule has 2 aromatic rings. The number of allylic oxidation sites excluding steroid dienone is 1. The monoisotopic (exact) mass is 302 g/mol. The number of methoxy groups -OCH3 is 1. The lowest BCUT2D eigenvalue weighted by molar-refractivity contribution is 0.405. The Bertz CT molecular complexity index is 683. The Morgan fingerprint density at radius 3 is 2.85 bits per heavy atom. The average molecular weight is 302 g/mol. The van der Waals surface area contributed by atoms with E-state index in [0.717, 1.165) is 26.9 Å². The van der Waals surface area contributed by atoms with Gasteiger partial charge in [0, 0.05) is 16.0 Å². The maximum absolute atomic E-state index is 9.29. The molecule has 1 aromatic carbocycles. The van der Waals surface area contributed by atoms with Crippen LogP contribution < -0.4 is 4.74 Å². The summed E-state index contributed by atoms with van der Waals surface area (Å²) in [5.41, 5.74) is 2.44. The summed E-state index contributed by atoms with van der Waals surface area (Å²) in [6, 6.07) is 8.12. The zero-order chi connectivity index (χ0) is 14.5. The normalized spacial score (nSPS) is 11.2. The molecule has 0 aliphatic heterocycles. The Morgan fingerprint density at radius 2 is 2.30 bits per heavy atom. The Balaban J connectivity index is 2.40. The van der Waals surface area contributed by atoms with Crippen molar-refractivity contribution in [3.8, 4) is 11.8 Å². The molecule has 102 valence electrons. The van der Waals surface area contributed by atoms with Crippen LogP contribution in [0.5, 0.6) is 5.75 Å². The topological polar surface area (TPSA) is 45.9 Å². The highest BCUT2D eigenvalue weighted by molar-refractivity contribution is 7.98. The van der Waals surface area contributed by atoms with E-state index in [1.54, 1.807) is 18.9 Å². The minimum atomic E-state index is 0.571. The standard InChI is InChI=1S/C15H14N2OS2/c1-10-9-20-15(17-10)12(8-16)6-11-4-5-14(19-3)13(7-11)18-2/h4-7,9H,1-3H3/b12-6-. The summed E-state index contributed by atoms with van der Waals surface area (Å²) < 4.78 is 5.36. The van der Waals surface area contributed by atoms with Gasteiger partial charge >= 0.3 is 0 Å². The molecular formula is C15H14N2OS2.